The second-order valence-corrected chi connectivity index (χ2v) is 7.39. The monoisotopic (exact) mass is 291 g/mol. The van der Waals surface area contributed by atoms with Gasteiger partial charge in [0.2, 0.25) is 0 Å². The summed E-state index contributed by atoms with van der Waals surface area (Å²) in [6.45, 7) is 7.20. The molecule has 106 valence electrons. The Balaban J connectivity index is 2.50. The van der Waals surface area contributed by atoms with Crippen LogP contribution in [0, 0.1) is 0 Å². The highest BCUT2D eigenvalue weighted by molar-refractivity contribution is 7.91. The molecule has 0 saturated carbocycles. The van der Waals surface area contributed by atoms with E-state index in [1.54, 1.807) is 31.3 Å². The van der Waals surface area contributed by atoms with Crippen molar-refractivity contribution in [1.82, 2.24) is 9.97 Å². The Hall–Kier alpha value is -1.66. The van der Waals surface area contributed by atoms with Crippen LogP contribution in [0.4, 0.5) is 0 Å². The van der Waals surface area contributed by atoms with Gasteiger partial charge in [0.15, 0.2) is 0 Å². The Labute approximate surface area is 120 Å². The summed E-state index contributed by atoms with van der Waals surface area (Å²) in [6, 6.07) is 5.22. The van der Waals surface area contributed by atoms with Crippen LogP contribution in [-0.2, 0) is 11.4 Å². The number of rotatable bonds is 2. The van der Waals surface area contributed by atoms with E-state index in [1.807, 2.05) is 20.8 Å². The molecule has 0 bridgehead atoms. The summed E-state index contributed by atoms with van der Waals surface area (Å²) in [5.74, 6) is 0. The molecular weight excluding hydrogens is 274 g/mol. The van der Waals surface area contributed by atoms with Gasteiger partial charge in [0.05, 0.1) is 16.6 Å². The van der Waals surface area contributed by atoms with Crippen LogP contribution in [0.5, 0.6) is 0 Å². The minimum absolute atomic E-state index is 0.252. The van der Waals surface area contributed by atoms with E-state index in [0.717, 1.165) is 0 Å². The van der Waals surface area contributed by atoms with Crippen LogP contribution in [0.2, 0.25) is 0 Å². The van der Waals surface area contributed by atoms with Crippen LogP contribution >= 0.6 is 0 Å². The number of aromatic amines is 1. The molecule has 0 amide bonds. The lowest BCUT2D eigenvalue weighted by atomic mass is 10.1. The number of aromatic nitrogens is 2. The van der Waals surface area contributed by atoms with Crippen molar-refractivity contribution in [3.8, 4) is 0 Å². The van der Waals surface area contributed by atoms with Crippen molar-refractivity contribution in [2.45, 2.75) is 32.4 Å². The van der Waals surface area contributed by atoms with Crippen molar-refractivity contribution in [2.24, 2.45) is 4.40 Å². The second-order valence-electron chi connectivity index (χ2n) is 5.49. The molecule has 2 heterocycles. The number of nitrogens with one attached hydrogen (secondary N) is 1. The van der Waals surface area contributed by atoms with Crippen LogP contribution < -0.4 is 5.56 Å². The van der Waals surface area contributed by atoms with E-state index in [2.05, 4.69) is 14.4 Å². The van der Waals surface area contributed by atoms with E-state index in [0.29, 0.717) is 22.3 Å². The van der Waals surface area contributed by atoms with Crippen molar-refractivity contribution in [2.75, 3.05) is 0 Å². The molecule has 0 aliphatic heterocycles. The second kappa shape index (κ2) is 5.38. The summed E-state index contributed by atoms with van der Waals surface area (Å²) in [4.78, 5) is 19.0. The summed E-state index contributed by atoms with van der Waals surface area (Å²) in [6.07, 6.45) is 1.66. The van der Waals surface area contributed by atoms with Crippen LogP contribution in [0.1, 0.15) is 33.3 Å². The molecule has 0 spiro atoms. The molecule has 5 nitrogen and oxygen atoms in total. The van der Waals surface area contributed by atoms with E-state index >= 15 is 0 Å². The van der Waals surface area contributed by atoms with Crippen molar-refractivity contribution < 1.29 is 4.55 Å². The number of nitrogens with zero attached hydrogens (tertiary/aromatic N) is 2. The van der Waals surface area contributed by atoms with E-state index in [-0.39, 0.29) is 5.56 Å². The number of hydrogen-bond acceptors (Lipinski definition) is 4. The van der Waals surface area contributed by atoms with E-state index < -0.39 is 16.1 Å². The van der Waals surface area contributed by atoms with Crippen molar-refractivity contribution in [3.05, 3.63) is 40.3 Å². The van der Waals surface area contributed by atoms with Gasteiger partial charge >= 0.3 is 0 Å². The summed E-state index contributed by atoms with van der Waals surface area (Å²) < 4.78 is 15.7. The Morgan fingerprint density at radius 3 is 2.80 bits per heavy atom. The third-order valence-electron chi connectivity index (χ3n) is 2.75. The molecule has 0 aromatic carbocycles. The van der Waals surface area contributed by atoms with E-state index in [1.165, 1.54) is 0 Å². The predicted molar refractivity (Wildman–Crippen MR) is 82.5 cm³/mol. The van der Waals surface area contributed by atoms with Gasteiger partial charge in [-0.2, -0.15) is 0 Å². The first-order valence-corrected chi connectivity index (χ1v) is 7.35. The zero-order chi connectivity index (χ0) is 14.9. The normalized spacial score (nSPS) is 14.6. The average molecular weight is 291 g/mol. The van der Waals surface area contributed by atoms with Gasteiger partial charge in [0.1, 0.15) is 21.8 Å². The highest BCUT2D eigenvalue weighted by atomic mass is 32.2. The molecule has 0 saturated heterocycles. The molecular formula is C14H17N3O2S. The summed E-state index contributed by atoms with van der Waals surface area (Å²) in [7, 11) is 0. The molecule has 0 fully saturated rings. The van der Waals surface area contributed by atoms with Gasteiger partial charge < -0.3 is 9.54 Å². The van der Waals surface area contributed by atoms with Crippen molar-refractivity contribution in [1.29, 1.82) is 0 Å². The molecule has 1 atom stereocenters. The summed E-state index contributed by atoms with van der Waals surface area (Å²) in [5, 5.41) is 0. The molecule has 0 radical (unpaired) electrons. The fourth-order valence-corrected chi connectivity index (χ4v) is 2.23. The topological polar surface area (TPSA) is 81.2 Å². The first-order valence-electron chi connectivity index (χ1n) is 6.25. The highest BCUT2D eigenvalue weighted by Gasteiger charge is 2.27. The lowest BCUT2D eigenvalue weighted by Gasteiger charge is -2.18. The molecule has 0 aliphatic carbocycles. The summed E-state index contributed by atoms with van der Waals surface area (Å²) in [5.41, 5.74) is 1.95. The molecule has 1 unspecified atom stereocenters. The van der Waals surface area contributed by atoms with Gasteiger partial charge in [0, 0.05) is 6.20 Å². The van der Waals surface area contributed by atoms with Gasteiger partial charge in [-0.25, -0.2) is 0 Å². The van der Waals surface area contributed by atoms with Gasteiger partial charge in [-0.1, -0.05) is 4.40 Å². The van der Waals surface area contributed by atoms with Crippen LogP contribution in [-0.4, -0.2) is 25.0 Å². The maximum Gasteiger partial charge on any atom is 0.257 e. The van der Waals surface area contributed by atoms with Crippen LogP contribution in [0.3, 0.4) is 0 Å². The lowest BCUT2D eigenvalue weighted by Crippen LogP contribution is -2.27. The third kappa shape index (κ3) is 3.08. The molecule has 20 heavy (non-hydrogen) atoms. The largest absolute Gasteiger partial charge is 0.591 e. The number of fused-ring (bicyclic) bond motifs is 1. The number of pyridine rings is 2. The molecule has 6 heteroatoms. The number of hydrogen-bond donors (Lipinski definition) is 1. The Kier molecular flexibility index (Phi) is 3.96. The summed E-state index contributed by atoms with van der Waals surface area (Å²) >= 11 is -1.40. The van der Waals surface area contributed by atoms with Gasteiger partial charge in [0.25, 0.3) is 5.56 Å². The Morgan fingerprint density at radius 2 is 2.15 bits per heavy atom. The van der Waals surface area contributed by atoms with Gasteiger partial charge in [-0.15, -0.1) is 0 Å². The first-order chi connectivity index (χ1) is 9.29. The standard InChI is InChI=1S/C14H17N3O2S/c1-9(17-20(19)14(2,3)4)10-8-12-11(16-13(10)18)6-5-7-15-12/h5-8H,1-4H3,(H,16,18). The maximum atomic E-state index is 12.0. The Morgan fingerprint density at radius 1 is 1.45 bits per heavy atom. The zero-order valence-corrected chi connectivity index (χ0v) is 12.7. The van der Waals surface area contributed by atoms with Gasteiger partial charge in [-0.3, -0.25) is 9.78 Å². The fourth-order valence-electron chi connectivity index (χ4n) is 1.61. The smallest absolute Gasteiger partial charge is 0.257 e. The minimum Gasteiger partial charge on any atom is -0.591 e. The maximum absolute atomic E-state index is 12.0. The van der Waals surface area contributed by atoms with Crippen LogP contribution in [0.15, 0.2) is 33.6 Å². The fraction of sp³-hybridized carbons (Fsp3) is 0.357. The van der Waals surface area contributed by atoms with Crippen molar-refractivity contribution in [3.63, 3.8) is 0 Å². The quantitative estimate of drug-likeness (QED) is 0.680. The SMILES string of the molecule is CC(=N[S+]([O-])C(C)(C)C)c1cc2ncccc2[nH]c1=O. The molecule has 0 aliphatic rings. The first kappa shape index (κ1) is 14.7. The highest BCUT2D eigenvalue weighted by Crippen LogP contribution is 2.18. The Bertz CT molecular complexity index is 716. The average Bonchev–Trinajstić information content (AvgIpc) is 2.36. The molecule has 2 rings (SSSR count). The lowest BCUT2D eigenvalue weighted by molar-refractivity contribution is 0.561. The minimum atomic E-state index is -1.40. The van der Waals surface area contributed by atoms with E-state index in [9.17, 15) is 9.35 Å². The van der Waals surface area contributed by atoms with E-state index in [4.69, 9.17) is 0 Å². The molecule has 1 N–H and O–H groups in total. The number of H-pyrrole nitrogens is 1. The van der Waals surface area contributed by atoms with Crippen molar-refractivity contribution >= 4 is 28.1 Å². The zero-order valence-electron chi connectivity index (χ0n) is 11.9. The van der Waals surface area contributed by atoms with Crippen LogP contribution in [0.25, 0.3) is 11.0 Å². The third-order valence-corrected chi connectivity index (χ3v) is 4.23. The van der Waals surface area contributed by atoms with Gasteiger partial charge in [-0.05, 0) is 45.9 Å². The predicted octanol–water partition coefficient (Wildman–Crippen LogP) is 2.19. The molecule has 2 aromatic heterocycles. The molecule has 2 aromatic rings.